The van der Waals surface area contributed by atoms with Gasteiger partial charge in [-0.05, 0) is 30.0 Å². The van der Waals surface area contributed by atoms with E-state index in [4.69, 9.17) is 0 Å². The van der Waals surface area contributed by atoms with E-state index >= 15 is 0 Å². The number of hydrogen-bond acceptors (Lipinski definition) is 2. The molecule has 2 aromatic rings. The molecule has 1 N–H and O–H groups in total. The van der Waals surface area contributed by atoms with Crippen LogP contribution in [0.25, 0.3) is 10.9 Å². The van der Waals surface area contributed by atoms with Crippen LogP contribution in [0.2, 0.25) is 0 Å². The Kier molecular flexibility index (Phi) is 2.70. The van der Waals surface area contributed by atoms with E-state index in [1.54, 1.807) is 0 Å². The largest absolute Gasteiger partial charge is 0.335 e. The molecule has 0 spiro atoms. The van der Waals surface area contributed by atoms with Crippen molar-refractivity contribution in [2.24, 2.45) is 0 Å². The molecule has 0 radical (unpaired) electrons. The second-order valence-corrected chi connectivity index (χ2v) is 5.31. The zero-order valence-corrected chi connectivity index (χ0v) is 11.1. The van der Waals surface area contributed by atoms with Crippen LogP contribution in [0.15, 0.2) is 34.9 Å². The molecule has 2 heterocycles. The Morgan fingerprint density at radius 3 is 2.89 bits per heavy atom. The van der Waals surface area contributed by atoms with Crippen molar-refractivity contribution in [3.63, 3.8) is 0 Å². The van der Waals surface area contributed by atoms with E-state index in [9.17, 15) is 9.59 Å². The van der Waals surface area contributed by atoms with Crippen molar-refractivity contribution in [1.29, 1.82) is 0 Å². The van der Waals surface area contributed by atoms with E-state index in [1.165, 1.54) is 0 Å². The number of piperidine rings is 1. The molecule has 1 fully saturated rings. The van der Waals surface area contributed by atoms with E-state index in [-0.39, 0.29) is 17.9 Å². The van der Waals surface area contributed by atoms with E-state index < -0.39 is 0 Å². The van der Waals surface area contributed by atoms with Crippen molar-refractivity contribution in [3.05, 3.63) is 34.9 Å². The molecule has 1 saturated heterocycles. The van der Waals surface area contributed by atoms with E-state index in [0.717, 1.165) is 15.4 Å². The molecule has 1 unspecified atom stereocenters. The van der Waals surface area contributed by atoms with Gasteiger partial charge in [0.15, 0.2) is 0 Å². The summed E-state index contributed by atoms with van der Waals surface area (Å²) in [5, 5.41) is 3.47. The van der Waals surface area contributed by atoms with Crippen LogP contribution in [-0.4, -0.2) is 16.4 Å². The predicted octanol–water partition coefficient (Wildman–Crippen LogP) is 2.38. The Labute approximate surface area is 112 Å². The summed E-state index contributed by atoms with van der Waals surface area (Å²) in [6.07, 6.45) is 2.85. The molecule has 1 aliphatic rings. The molecule has 0 bridgehead atoms. The first-order valence-electron chi connectivity index (χ1n) is 5.75. The van der Waals surface area contributed by atoms with Crippen LogP contribution in [0, 0.1) is 0 Å². The molecule has 1 aromatic heterocycles. The van der Waals surface area contributed by atoms with Crippen molar-refractivity contribution in [2.75, 3.05) is 0 Å². The first kappa shape index (κ1) is 11.5. The van der Waals surface area contributed by atoms with Crippen LogP contribution < -0.4 is 5.32 Å². The van der Waals surface area contributed by atoms with Gasteiger partial charge >= 0.3 is 0 Å². The third-order valence-corrected chi connectivity index (χ3v) is 3.72. The molecule has 3 rings (SSSR count). The Hall–Kier alpha value is -1.62. The number of rotatable bonds is 1. The number of benzene rings is 1. The SMILES string of the molecule is O=C1CCC(n2ccc3ccc(Br)cc32)C(=O)N1. The monoisotopic (exact) mass is 306 g/mol. The maximum Gasteiger partial charge on any atom is 0.249 e. The van der Waals surface area contributed by atoms with Crippen molar-refractivity contribution >= 4 is 38.6 Å². The molecule has 1 aliphatic heterocycles. The molecule has 92 valence electrons. The zero-order chi connectivity index (χ0) is 12.7. The summed E-state index contributed by atoms with van der Waals surface area (Å²) in [5.74, 6) is -0.405. The first-order chi connectivity index (χ1) is 8.65. The molecule has 2 amide bonds. The molecule has 4 nitrogen and oxygen atoms in total. The van der Waals surface area contributed by atoms with Crippen LogP contribution in [0.3, 0.4) is 0 Å². The summed E-state index contributed by atoms with van der Waals surface area (Å²) in [5.41, 5.74) is 0.999. The van der Waals surface area contributed by atoms with E-state index in [0.29, 0.717) is 12.8 Å². The van der Waals surface area contributed by atoms with Gasteiger partial charge in [0.2, 0.25) is 11.8 Å². The Balaban J connectivity index is 2.06. The van der Waals surface area contributed by atoms with Gasteiger partial charge in [-0.15, -0.1) is 0 Å². The lowest BCUT2D eigenvalue weighted by Crippen LogP contribution is -2.41. The van der Waals surface area contributed by atoms with Crippen LogP contribution in [0.4, 0.5) is 0 Å². The highest BCUT2D eigenvalue weighted by molar-refractivity contribution is 9.10. The molecule has 1 aromatic carbocycles. The number of carbonyl (C=O) groups excluding carboxylic acids is 2. The summed E-state index contributed by atoms with van der Waals surface area (Å²) in [7, 11) is 0. The Morgan fingerprint density at radius 1 is 1.28 bits per heavy atom. The van der Waals surface area contributed by atoms with Crippen LogP contribution in [0.1, 0.15) is 18.9 Å². The van der Waals surface area contributed by atoms with Gasteiger partial charge in [0.25, 0.3) is 0 Å². The van der Waals surface area contributed by atoms with Gasteiger partial charge in [0.05, 0.1) is 0 Å². The lowest BCUT2D eigenvalue weighted by atomic mass is 10.1. The number of amides is 2. The summed E-state index contributed by atoms with van der Waals surface area (Å²) in [4.78, 5) is 23.0. The fraction of sp³-hybridized carbons (Fsp3) is 0.231. The second-order valence-electron chi connectivity index (χ2n) is 4.39. The molecule has 5 heteroatoms. The smallest absolute Gasteiger partial charge is 0.249 e. The number of carbonyl (C=O) groups is 2. The third-order valence-electron chi connectivity index (χ3n) is 3.23. The molecule has 18 heavy (non-hydrogen) atoms. The van der Waals surface area contributed by atoms with Crippen LogP contribution >= 0.6 is 15.9 Å². The maximum absolute atomic E-state index is 11.9. The molecular weight excluding hydrogens is 296 g/mol. The fourth-order valence-electron chi connectivity index (χ4n) is 2.34. The zero-order valence-electron chi connectivity index (χ0n) is 9.52. The van der Waals surface area contributed by atoms with Crippen molar-refractivity contribution in [2.45, 2.75) is 18.9 Å². The summed E-state index contributed by atoms with van der Waals surface area (Å²) in [6.45, 7) is 0. The van der Waals surface area contributed by atoms with Crippen molar-refractivity contribution in [3.8, 4) is 0 Å². The number of fused-ring (bicyclic) bond motifs is 1. The predicted molar refractivity (Wildman–Crippen MR) is 71.1 cm³/mol. The number of hydrogen-bond donors (Lipinski definition) is 1. The van der Waals surface area contributed by atoms with Crippen LogP contribution in [-0.2, 0) is 9.59 Å². The summed E-state index contributed by atoms with van der Waals surface area (Å²) >= 11 is 3.43. The minimum Gasteiger partial charge on any atom is -0.335 e. The standard InChI is InChI=1S/C13H11BrN2O2/c14-9-2-1-8-5-6-16(11(8)7-9)10-3-4-12(17)15-13(10)18/h1-2,5-7,10H,3-4H2,(H,15,17,18). The van der Waals surface area contributed by atoms with Gasteiger partial charge in [-0.2, -0.15) is 0 Å². The third kappa shape index (κ3) is 1.84. The normalized spacial score (nSPS) is 20.2. The number of nitrogens with zero attached hydrogens (tertiary/aromatic N) is 1. The van der Waals surface area contributed by atoms with Gasteiger partial charge in [-0.3, -0.25) is 14.9 Å². The highest BCUT2D eigenvalue weighted by Crippen LogP contribution is 2.27. The van der Waals surface area contributed by atoms with Crippen molar-refractivity contribution < 1.29 is 9.59 Å². The van der Waals surface area contributed by atoms with Crippen LogP contribution in [0.5, 0.6) is 0 Å². The molecular formula is C13H11BrN2O2. The highest BCUT2D eigenvalue weighted by atomic mass is 79.9. The minimum atomic E-state index is -0.297. The quantitative estimate of drug-likeness (QED) is 0.822. The number of halogens is 1. The molecule has 1 atom stereocenters. The van der Waals surface area contributed by atoms with Gasteiger partial charge in [-0.1, -0.05) is 22.0 Å². The Bertz CT molecular complexity index is 647. The van der Waals surface area contributed by atoms with Crippen molar-refractivity contribution in [1.82, 2.24) is 9.88 Å². The molecule has 0 aliphatic carbocycles. The lowest BCUT2D eigenvalue weighted by molar-refractivity contribution is -0.135. The highest BCUT2D eigenvalue weighted by Gasteiger charge is 2.28. The van der Waals surface area contributed by atoms with Gasteiger partial charge in [0, 0.05) is 22.6 Å². The topological polar surface area (TPSA) is 51.1 Å². The maximum atomic E-state index is 11.9. The van der Waals surface area contributed by atoms with Gasteiger partial charge in [-0.25, -0.2) is 0 Å². The average Bonchev–Trinajstić information content (AvgIpc) is 2.72. The van der Waals surface area contributed by atoms with Gasteiger partial charge < -0.3 is 4.57 Å². The number of imide groups is 1. The Morgan fingerprint density at radius 2 is 2.11 bits per heavy atom. The number of nitrogens with one attached hydrogen (secondary N) is 1. The average molecular weight is 307 g/mol. The second kappa shape index (κ2) is 4.24. The van der Waals surface area contributed by atoms with E-state index in [1.807, 2.05) is 35.0 Å². The molecule has 0 saturated carbocycles. The summed E-state index contributed by atoms with van der Waals surface area (Å²) < 4.78 is 2.91. The fourth-order valence-corrected chi connectivity index (χ4v) is 2.69. The van der Waals surface area contributed by atoms with E-state index in [2.05, 4.69) is 21.2 Å². The number of aromatic nitrogens is 1. The minimum absolute atomic E-state index is 0.186. The summed E-state index contributed by atoms with van der Waals surface area (Å²) in [6, 6.07) is 7.64. The van der Waals surface area contributed by atoms with Gasteiger partial charge in [0.1, 0.15) is 6.04 Å². The first-order valence-corrected chi connectivity index (χ1v) is 6.54. The lowest BCUT2D eigenvalue weighted by Gasteiger charge is -2.23.